The summed E-state index contributed by atoms with van der Waals surface area (Å²) in [6.07, 6.45) is 0.794. The predicted molar refractivity (Wildman–Crippen MR) is 125 cm³/mol. The maximum atomic E-state index is 5.58. The molecule has 2 N–H and O–H groups in total. The monoisotopic (exact) mass is 509 g/mol. The molecule has 1 atom stereocenters. The molecule has 0 saturated heterocycles. The van der Waals surface area contributed by atoms with E-state index in [1.54, 1.807) is 35.5 Å². The first-order chi connectivity index (χ1) is 12.8. The van der Waals surface area contributed by atoms with Gasteiger partial charge in [-0.3, -0.25) is 4.99 Å². The smallest absolute Gasteiger partial charge is 0.191 e. The average molecular weight is 509 g/mol. The normalized spacial score (nSPS) is 12.6. The van der Waals surface area contributed by atoms with E-state index in [1.807, 2.05) is 12.1 Å². The molecule has 162 valence electrons. The number of nitrogens with zero attached hydrogens (tertiary/aromatic N) is 1. The van der Waals surface area contributed by atoms with Gasteiger partial charge in [-0.25, -0.2) is 0 Å². The Balaban J connectivity index is 0.00000729. The number of aliphatic imine (C=N–C) groups is 1. The molecule has 28 heavy (non-hydrogen) atoms. The summed E-state index contributed by atoms with van der Waals surface area (Å²) in [7, 11) is 8.39. The highest BCUT2D eigenvalue weighted by Crippen LogP contribution is 2.34. The van der Waals surface area contributed by atoms with E-state index < -0.39 is 0 Å². The van der Waals surface area contributed by atoms with Gasteiger partial charge < -0.3 is 29.6 Å². The molecule has 0 aromatic heterocycles. The van der Waals surface area contributed by atoms with Crippen molar-refractivity contribution in [1.29, 1.82) is 0 Å². The molecule has 1 rings (SSSR count). The van der Waals surface area contributed by atoms with Gasteiger partial charge in [-0.2, -0.15) is 0 Å². The third-order valence-corrected chi connectivity index (χ3v) is 4.41. The van der Waals surface area contributed by atoms with E-state index in [2.05, 4.69) is 36.4 Å². The van der Waals surface area contributed by atoms with Crippen molar-refractivity contribution in [3.05, 3.63) is 17.7 Å². The summed E-state index contributed by atoms with van der Waals surface area (Å²) in [5, 5.41) is 6.64. The lowest BCUT2D eigenvalue weighted by molar-refractivity contribution is 0.0205. The van der Waals surface area contributed by atoms with Crippen LogP contribution in [-0.2, 0) is 11.2 Å². The van der Waals surface area contributed by atoms with E-state index in [0.29, 0.717) is 25.3 Å². The molecule has 0 saturated carbocycles. The molecule has 7 nitrogen and oxygen atoms in total. The van der Waals surface area contributed by atoms with Crippen molar-refractivity contribution in [2.24, 2.45) is 10.4 Å². The summed E-state index contributed by atoms with van der Waals surface area (Å²) in [6.45, 7) is 7.81. The SMILES string of the molecule is CN=C(NCCc1c(OC)cc(OC)cc1OC)NCC(OC)C(C)(C)C.I. The van der Waals surface area contributed by atoms with Gasteiger partial charge in [-0.15, -0.1) is 24.0 Å². The van der Waals surface area contributed by atoms with Gasteiger partial charge in [0.1, 0.15) is 17.2 Å². The molecule has 0 amide bonds. The topological polar surface area (TPSA) is 73.3 Å². The third kappa shape index (κ3) is 7.90. The number of ether oxygens (including phenoxy) is 4. The molecule has 0 spiro atoms. The summed E-state index contributed by atoms with van der Waals surface area (Å²) < 4.78 is 21.9. The maximum Gasteiger partial charge on any atom is 0.191 e. The average Bonchev–Trinajstić information content (AvgIpc) is 2.65. The zero-order chi connectivity index (χ0) is 20.4. The van der Waals surface area contributed by atoms with E-state index in [-0.39, 0.29) is 35.5 Å². The molecule has 1 aromatic rings. The molecule has 0 fully saturated rings. The van der Waals surface area contributed by atoms with Crippen LogP contribution in [0.2, 0.25) is 0 Å². The molecule has 0 aliphatic carbocycles. The first kappa shape index (κ1) is 26.6. The highest BCUT2D eigenvalue weighted by molar-refractivity contribution is 14.0. The van der Waals surface area contributed by atoms with Gasteiger partial charge in [0.15, 0.2) is 5.96 Å². The Bertz CT molecular complexity index is 593. The van der Waals surface area contributed by atoms with Gasteiger partial charge in [-0.05, 0) is 11.8 Å². The van der Waals surface area contributed by atoms with Crippen LogP contribution in [0, 0.1) is 5.41 Å². The lowest BCUT2D eigenvalue weighted by Gasteiger charge is -2.30. The lowest BCUT2D eigenvalue weighted by Crippen LogP contribution is -2.45. The summed E-state index contributed by atoms with van der Waals surface area (Å²) in [4.78, 5) is 4.28. The highest BCUT2D eigenvalue weighted by Gasteiger charge is 2.24. The summed E-state index contributed by atoms with van der Waals surface area (Å²) in [5.41, 5.74) is 1.03. The van der Waals surface area contributed by atoms with Crippen LogP contribution in [0.5, 0.6) is 17.2 Å². The second-order valence-corrected chi connectivity index (χ2v) is 7.23. The zero-order valence-electron chi connectivity index (χ0n) is 18.3. The molecule has 0 heterocycles. The largest absolute Gasteiger partial charge is 0.496 e. The summed E-state index contributed by atoms with van der Waals surface area (Å²) in [6, 6.07) is 3.72. The molecule has 8 heteroatoms. The van der Waals surface area contributed by atoms with E-state index in [1.165, 1.54) is 0 Å². The van der Waals surface area contributed by atoms with E-state index in [0.717, 1.165) is 23.0 Å². The van der Waals surface area contributed by atoms with Crippen molar-refractivity contribution in [3.63, 3.8) is 0 Å². The van der Waals surface area contributed by atoms with Gasteiger partial charge in [0.2, 0.25) is 0 Å². The minimum Gasteiger partial charge on any atom is -0.496 e. The van der Waals surface area contributed by atoms with Crippen molar-refractivity contribution >= 4 is 29.9 Å². The molecule has 0 aliphatic heterocycles. The Labute approximate surface area is 186 Å². The number of guanidine groups is 1. The second kappa shape index (κ2) is 12.9. The number of halogens is 1. The molecule has 0 radical (unpaired) electrons. The van der Waals surface area contributed by atoms with Crippen LogP contribution in [0.4, 0.5) is 0 Å². The van der Waals surface area contributed by atoms with Gasteiger partial charge in [0.05, 0.1) is 27.4 Å². The molecule has 1 aromatic carbocycles. The van der Waals surface area contributed by atoms with Crippen LogP contribution in [0.15, 0.2) is 17.1 Å². The quantitative estimate of drug-likeness (QED) is 0.303. The van der Waals surface area contributed by atoms with Crippen LogP contribution in [0.3, 0.4) is 0 Å². The molecular weight excluding hydrogens is 473 g/mol. The van der Waals surface area contributed by atoms with Crippen molar-refractivity contribution < 1.29 is 18.9 Å². The number of nitrogens with one attached hydrogen (secondary N) is 2. The fourth-order valence-electron chi connectivity index (χ4n) is 2.78. The highest BCUT2D eigenvalue weighted by atomic mass is 127. The molecule has 0 bridgehead atoms. The fourth-order valence-corrected chi connectivity index (χ4v) is 2.78. The molecule has 1 unspecified atom stereocenters. The Kier molecular flexibility index (Phi) is 12.3. The first-order valence-corrected chi connectivity index (χ1v) is 9.06. The van der Waals surface area contributed by atoms with Gasteiger partial charge in [0.25, 0.3) is 0 Å². The van der Waals surface area contributed by atoms with Gasteiger partial charge in [0, 0.05) is 44.9 Å². The Hall–Kier alpha value is -1.42. The standard InChI is InChI=1S/C20H35N3O4.HI/c1-20(2,3)18(27-8)13-23-19(21-4)22-10-9-15-16(25-6)11-14(24-5)12-17(15)26-7;/h11-12,18H,9-10,13H2,1-8H3,(H2,21,22,23);1H. The summed E-state index contributed by atoms with van der Waals surface area (Å²) in [5.74, 6) is 2.91. The Morgan fingerprint density at radius 3 is 1.96 bits per heavy atom. The number of hydrogen-bond acceptors (Lipinski definition) is 5. The van der Waals surface area contributed by atoms with Crippen LogP contribution in [0.1, 0.15) is 26.3 Å². The second-order valence-electron chi connectivity index (χ2n) is 7.23. The number of methoxy groups -OCH3 is 4. The van der Waals surface area contributed by atoms with Crippen LogP contribution in [-0.4, -0.2) is 60.6 Å². The minimum absolute atomic E-state index is 0. The zero-order valence-corrected chi connectivity index (χ0v) is 20.7. The van der Waals surface area contributed by atoms with Crippen LogP contribution in [0.25, 0.3) is 0 Å². The predicted octanol–water partition coefficient (Wildman–Crippen LogP) is 3.10. The van der Waals surface area contributed by atoms with Crippen molar-refractivity contribution in [3.8, 4) is 17.2 Å². The van der Waals surface area contributed by atoms with Crippen molar-refractivity contribution in [1.82, 2.24) is 10.6 Å². The molecule has 0 aliphatic rings. The maximum absolute atomic E-state index is 5.58. The van der Waals surface area contributed by atoms with Crippen LogP contribution >= 0.6 is 24.0 Å². The number of hydrogen-bond donors (Lipinski definition) is 2. The molecular formula is C20H36IN3O4. The minimum atomic E-state index is 0. The first-order valence-electron chi connectivity index (χ1n) is 9.06. The van der Waals surface area contributed by atoms with E-state index >= 15 is 0 Å². The Morgan fingerprint density at radius 1 is 1.00 bits per heavy atom. The number of rotatable bonds is 9. The van der Waals surface area contributed by atoms with Crippen LogP contribution < -0.4 is 24.8 Å². The lowest BCUT2D eigenvalue weighted by atomic mass is 9.89. The van der Waals surface area contributed by atoms with Gasteiger partial charge >= 0.3 is 0 Å². The summed E-state index contributed by atoms with van der Waals surface area (Å²) >= 11 is 0. The van der Waals surface area contributed by atoms with E-state index in [9.17, 15) is 0 Å². The van der Waals surface area contributed by atoms with Crippen molar-refractivity contribution in [2.75, 3.05) is 48.6 Å². The Morgan fingerprint density at radius 2 is 1.57 bits per heavy atom. The third-order valence-electron chi connectivity index (χ3n) is 4.41. The van der Waals surface area contributed by atoms with Crippen molar-refractivity contribution in [2.45, 2.75) is 33.3 Å². The fraction of sp³-hybridized carbons (Fsp3) is 0.650. The number of benzene rings is 1. The van der Waals surface area contributed by atoms with Gasteiger partial charge in [-0.1, -0.05) is 20.8 Å². The van der Waals surface area contributed by atoms with E-state index in [4.69, 9.17) is 18.9 Å².